The van der Waals surface area contributed by atoms with E-state index >= 15 is 0 Å². The van der Waals surface area contributed by atoms with Gasteiger partial charge in [0.2, 0.25) is 0 Å². The molecule has 0 amide bonds. The number of aromatic nitrogens is 6. The molecule has 1 N–H and O–H groups in total. The van der Waals surface area contributed by atoms with E-state index in [1.807, 2.05) is 55.8 Å². The van der Waals surface area contributed by atoms with Crippen LogP contribution in [0.25, 0.3) is 33.8 Å². The fraction of sp³-hybridized carbons (Fsp3) is 0.440. The molecule has 1 unspecified atom stereocenters. The summed E-state index contributed by atoms with van der Waals surface area (Å²) in [6.07, 6.45) is 4.79. The summed E-state index contributed by atoms with van der Waals surface area (Å²) in [5, 5.41) is 19.7. The SMILES string of the molecule is Cc1cc(-c2ccnc(-c3nn(C4CCCCO4)c4ccc(OC(C)C)cc34)n2)nn1CCO. The minimum Gasteiger partial charge on any atom is -0.491 e. The zero-order valence-corrected chi connectivity index (χ0v) is 19.8. The average Bonchev–Trinajstić information content (AvgIpc) is 3.40. The quantitative estimate of drug-likeness (QED) is 0.440. The van der Waals surface area contributed by atoms with Crippen molar-refractivity contribution in [3.8, 4) is 28.7 Å². The largest absolute Gasteiger partial charge is 0.491 e. The monoisotopic (exact) mass is 462 g/mol. The van der Waals surface area contributed by atoms with E-state index in [2.05, 4.69) is 10.1 Å². The Hall–Kier alpha value is -3.30. The third kappa shape index (κ3) is 4.41. The van der Waals surface area contributed by atoms with E-state index in [9.17, 15) is 5.11 Å². The van der Waals surface area contributed by atoms with Gasteiger partial charge in [-0.2, -0.15) is 10.2 Å². The van der Waals surface area contributed by atoms with Crippen molar-refractivity contribution in [1.29, 1.82) is 0 Å². The molecule has 1 aliphatic heterocycles. The van der Waals surface area contributed by atoms with Crippen LogP contribution >= 0.6 is 0 Å². The van der Waals surface area contributed by atoms with Crippen LogP contribution in [0.5, 0.6) is 5.75 Å². The van der Waals surface area contributed by atoms with E-state index in [0.717, 1.165) is 53.9 Å². The van der Waals surface area contributed by atoms with E-state index in [0.29, 0.717) is 23.8 Å². The first-order valence-corrected chi connectivity index (χ1v) is 11.8. The molecule has 0 aliphatic carbocycles. The smallest absolute Gasteiger partial charge is 0.181 e. The number of aliphatic hydroxyl groups is 1. The molecule has 0 bridgehead atoms. The Morgan fingerprint density at radius 3 is 2.79 bits per heavy atom. The van der Waals surface area contributed by atoms with Gasteiger partial charge in [-0.05, 0) is 70.4 Å². The highest BCUT2D eigenvalue weighted by Gasteiger charge is 2.23. The highest BCUT2D eigenvalue weighted by atomic mass is 16.5. The molecule has 0 radical (unpaired) electrons. The van der Waals surface area contributed by atoms with Crippen molar-refractivity contribution in [1.82, 2.24) is 29.5 Å². The van der Waals surface area contributed by atoms with E-state index in [4.69, 9.17) is 19.6 Å². The molecule has 0 spiro atoms. The minimum atomic E-state index is -0.109. The van der Waals surface area contributed by atoms with Crippen LogP contribution in [0.3, 0.4) is 0 Å². The molecule has 1 aliphatic rings. The summed E-state index contributed by atoms with van der Waals surface area (Å²) in [5.41, 5.74) is 4.06. The lowest BCUT2D eigenvalue weighted by Gasteiger charge is -2.23. The molecule has 5 rings (SSSR count). The van der Waals surface area contributed by atoms with Gasteiger partial charge in [0.25, 0.3) is 0 Å². The lowest BCUT2D eigenvalue weighted by Crippen LogP contribution is -2.19. The number of ether oxygens (including phenoxy) is 2. The lowest BCUT2D eigenvalue weighted by molar-refractivity contribution is -0.0365. The number of rotatable bonds is 7. The maximum atomic E-state index is 9.29. The van der Waals surface area contributed by atoms with Gasteiger partial charge in [0.15, 0.2) is 12.1 Å². The average molecular weight is 463 g/mol. The Kier molecular flexibility index (Phi) is 6.30. The second-order valence-electron chi connectivity index (χ2n) is 8.84. The normalized spacial score (nSPS) is 16.4. The zero-order valence-electron chi connectivity index (χ0n) is 19.8. The van der Waals surface area contributed by atoms with Crippen LogP contribution in [0.4, 0.5) is 0 Å². The number of nitrogens with zero attached hydrogens (tertiary/aromatic N) is 6. The molecule has 1 aromatic carbocycles. The van der Waals surface area contributed by atoms with Crippen molar-refractivity contribution < 1.29 is 14.6 Å². The summed E-state index contributed by atoms with van der Waals surface area (Å²) >= 11 is 0. The Balaban J connectivity index is 1.61. The van der Waals surface area contributed by atoms with Crippen LogP contribution in [0.2, 0.25) is 0 Å². The standard InChI is InChI=1S/C25H30N6O3/c1-16(2)34-18-7-8-22-19(15-18)24(29-31(22)23-6-4-5-13-33-23)25-26-10-9-20(27-25)21-14-17(3)30(28-21)11-12-32/h7-10,14-16,23,32H,4-6,11-13H2,1-3H3. The van der Waals surface area contributed by atoms with Crippen molar-refractivity contribution in [2.45, 2.75) is 58.9 Å². The van der Waals surface area contributed by atoms with E-state index in [1.165, 1.54) is 0 Å². The molecule has 1 atom stereocenters. The highest BCUT2D eigenvalue weighted by molar-refractivity contribution is 5.93. The number of fused-ring (bicyclic) bond motifs is 1. The predicted molar refractivity (Wildman–Crippen MR) is 128 cm³/mol. The van der Waals surface area contributed by atoms with Crippen LogP contribution in [-0.4, -0.2) is 54.0 Å². The van der Waals surface area contributed by atoms with E-state index in [1.54, 1.807) is 10.9 Å². The van der Waals surface area contributed by atoms with Crippen LogP contribution < -0.4 is 4.74 Å². The molecule has 4 heterocycles. The van der Waals surface area contributed by atoms with Crippen molar-refractivity contribution in [3.05, 3.63) is 42.2 Å². The summed E-state index contributed by atoms with van der Waals surface area (Å²) in [6.45, 7) is 7.19. The molecule has 0 saturated carbocycles. The van der Waals surface area contributed by atoms with Gasteiger partial charge in [-0.3, -0.25) is 4.68 Å². The Morgan fingerprint density at radius 1 is 1.15 bits per heavy atom. The summed E-state index contributed by atoms with van der Waals surface area (Å²) in [7, 11) is 0. The van der Waals surface area contributed by atoms with Crippen molar-refractivity contribution in [2.75, 3.05) is 13.2 Å². The molecular formula is C25H30N6O3. The van der Waals surface area contributed by atoms with Gasteiger partial charge in [0.1, 0.15) is 17.1 Å². The molecule has 34 heavy (non-hydrogen) atoms. The van der Waals surface area contributed by atoms with Gasteiger partial charge >= 0.3 is 0 Å². The molecule has 1 saturated heterocycles. The first-order chi connectivity index (χ1) is 16.5. The molecule has 4 aromatic rings. The number of hydrogen-bond donors (Lipinski definition) is 1. The van der Waals surface area contributed by atoms with E-state index < -0.39 is 0 Å². The number of hydrogen-bond acceptors (Lipinski definition) is 7. The summed E-state index contributed by atoms with van der Waals surface area (Å²) in [4.78, 5) is 9.38. The second kappa shape index (κ2) is 9.52. The predicted octanol–water partition coefficient (Wildman–Crippen LogP) is 4.14. The molecular weight excluding hydrogens is 432 g/mol. The Labute approximate surface area is 198 Å². The number of benzene rings is 1. The summed E-state index contributed by atoms with van der Waals surface area (Å²) in [5.74, 6) is 1.30. The molecule has 9 nitrogen and oxygen atoms in total. The van der Waals surface area contributed by atoms with Crippen LogP contribution in [-0.2, 0) is 11.3 Å². The first-order valence-electron chi connectivity index (χ1n) is 11.8. The molecule has 178 valence electrons. The summed E-state index contributed by atoms with van der Waals surface area (Å²) < 4.78 is 15.7. The summed E-state index contributed by atoms with van der Waals surface area (Å²) in [6, 6.07) is 9.81. The van der Waals surface area contributed by atoms with Gasteiger partial charge in [-0.1, -0.05) is 0 Å². The number of aliphatic hydroxyl groups excluding tert-OH is 1. The first kappa shape index (κ1) is 22.5. The maximum absolute atomic E-state index is 9.29. The van der Waals surface area contributed by atoms with Gasteiger partial charge in [0, 0.05) is 23.9 Å². The van der Waals surface area contributed by atoms with E-state index in [-0.39, 0.29) is 18.9 Å². The van der Waals surface area contributed by atoms with Crippen molar-refractivity contribution in [3.63, 3.8) is 0 Å². The third-order valence-corrected chi connectivity index (χ3v) is 5.90. The molecule has 1 fully saturated rings. The molecule has 3 aromatic heterocycles. The van der Waals surface area contributed by atoms with Gasteiger partial charge < -0.3 is 14.6 Å². The van der Waals surface area contributed by atoms with Crippen LogP contribution in [0, 0.1) is 6.92 Å². The minimum absolute atomic E-state index is 0.0322. The Bertz CT molecular complexity index is 1290. The maximum Gasteiger partial charge on any atom is 0.181 e. The number of aryl methyl sites for hydroxylation is 1. The van der Waals surface area contributed by atoms with Gasteiger partial charge in [-0.15, -0.1) is 0 Å². The van der Waals surface area contributed by atoms with Crippen molar-refractivity contribution in [2.24, 2.45) is 0 Å². The van der Waals surface area contributed by atoms with Gasteiger partial charge in [-0.25, -0.2) is 14.6 Å². The molecule has 9 heteroatoms. The van der Waals surface area contributed by atoms with Crippen molar-refractivity contribution >= 4 is 10.9 Å². The fourth-order valence-corrected chi connectivity index (χ4v) is 4.34. The lowest BCUT2D eigenvalue weighted by atomic mass is 10.1. The van der Waals surface area contributed by atoms with Crippen LogP contribution in [0.15, 0.2) is 36.5 Å². The van der Waals surface area contributed by atoms with Crippen LogP contribution in [0.1, 0.15) is 45.0 Å². The zero-order chi connectivity index (χ0) is 23.7. The highest BCUT2D eigenvalue weighted by Crippen LogP contribution is 2.34. The van der Waals surface area contributed by atoms with Gasteiger partial charge in [0.05, 0.1) is 30.5 Å². The Morgan fingerprint density at radius 2 is 2.03 bits per heavy atom. The second-order valence-corrected chi connectivity index (χ2v) is 8.84. The topological polar surface area (TPSA) is 100 Å². The third-order valence-electron chi connectivity index (χ3n) is 5.90. The fourth-order valence-electron chi connectivity index (χ4n) is 4.34.